The van der Waals surface area contributed by atoms with Crippen LogP contribution in [0.2, 0.25) is 0 Å². The topological polar surface area (TPSA) is 28.1 Å². The zero-order valence-corrected chi connectivity index (χ0v) is 29.5. The van der Waals surface area contributed by atoms with Gasteiger partial charge in [0.25, 0.3) is 0 Å². The average Bonchev–Trinajstić information content (AvgIpc) is 3.91. The van der Waals surface area contributed by atoms with Gasteiger partial charge < -0.3 is 4.98 Å². The van der Waals surface area contributed by atoms with E-state index in [4.69, 9.17) is 4.99 Å². The van der Waals surface area contributed by atoms with Crippen molar-refractivity contribution in [2.45, 2.75) is 13.8 Å². The summed E-state index contributed by atoms with van der Waals surface area (Å²) < 4.78 is 0. The third-order valence-corrected chi connectivity index (χ3v) is 11.6. The zero-order valence-electron chi connectivity index (χ0n) is 29.5. The summed E-state index contributed by atoms with van der Waals surface area (Å²) in [6.45, 7) is 4.59. The molecule has 0 spiro atoms. The summed E-state index contributed by atoms with van der Waals surface area (Å²) in [5, 5.41) is 4.78. The molecule has 0 fully saturated rings. The number of aromatic nitrogens is 1. The molecule has 0 amide bonds. The van der Waals surface area contributed by atoms with E-state index in [1.54, 1.807) is 0 Å². The van der Waals surface area contributed by atoms with Gasteiger partial charge in [0, 0.05) is 38.2 Å². The highest BCUT2D eigenvalue weighted by Gasteiger charge is 2.26. The minimum absolute atomic E-state index is 1.05. The van der Waals surface area contributed by atoms with E-state index in [0.29, 0.717) is 0 Å². The molecule has 2 nitrogen and oxygen atoms in total. The van der Waals surface area contributed by atoms with E-state index in [9.17, 15) is 0 Å². The van der Waals surface area contributed by atoms with E-state index in [0.717, 1.165) is 16.6 Å². The Morgan fingerprint density at radius 2 is 1.06 bits per heavy atom. The largest absolute Gasteiger partial charge is 0.354 e. The van der Waals surface area contributed by atoms with Crippen molar-refractivity contribution < 1.29 is 0 Å². The SMILES string of the molecule is Cc1c(-c2c(-c3ccccc3-c3ccccc3-c3ccccc3)ccc3c2[nH]c2ccccc23)cc2c(c1C)C=c1c-2ccc2c1=Nc1ccccc1-2. The van der Waals surface area contributed by atoms with Crippen LogP contribution in [0, 0.1) is 13.8 Å². The van der Waals surface area contributed by atoms with Crippen LogP contribution in [0.15, 0.2) is 163 Å². The Labute approximate surface area is 308 Å². The quantitative estimate of drug-likeness (QED) is 0.192. The maximum Gasteiger partial charge on any atom is 0.0795 e. The molecule has 1 aliphatic heterocycles. The molecule has 248 valence electrons. The van der Waals surface area contributed by atoms with Gasteiger partial charge in [-0.2, -0.15) is 0 Å². The van der Waals surface area contributed by atoms with Crippen molar-refractivity contribution in [1.29, 1.82) is 0 Å². The highest BCUT2D eigenvalue weighted by atomic mass is 14.8. The van der Waals surface area contributed by atoms with Crippen LogP contribution in [-0.4, -0.2) is 4.98 Å². The summed E-state index contributed by atoms with van der Waals surface area (Å²) in [6, 6.07) is 57.3. The Kier molecular flexibility index (Phi) is 6.41. The smallest absolute Gasteiger partial charge is 0.0795 e. The van der Waals surface area contributed by atoms with Crippen LogP contribution in [0.4, 0.5) is 5.69 Å². The van der Waals surface area contributed by atoms with Crippen molar-refractivity contribution in [3.05, 3.63) is 185 Å². The monoisotopic (exact) mass is 674 g/mol. The first-order chi connectivity index (χ1) is 26.1. The molecule has 11 rings (SSSR count). The number of benzene rings is 8. The van der Waals surface area contributed by atoms with Gasteiger partial charge in [-0.05, 0) is 105 Å². The van der Waals surface area contributed by atoms with Crippen molar-refractivity contribution in [2.75, 3.05) is 0 Å². The number of H-pyrrole nitrogens is 1. The van der Waals surface area contributed by atoms with E-state index >= 15 is 0 Å². The number of rotatable bonds is 4. The van der Waals surface area contributed by atoms with Crippen LogP contribution < -0.4 is 10.6 Å². The Bertz CT molecular complexity index is 3130. The van der Waals surface area contributed by atoms with Crippen molar-refractivity contribution >= 4 is 33.6 Å². The summed E-state index contributed by atoms with van der Waals surface area (Å²) >= 11 is 0. The molecule has 0 atom stereocenters. The van der Waals surface area contributed by atoms with Crippen LogP contribution in [0.1, 0.15) is 16.7 Å². The highest BCUT2D eigenvalue weighted by Crippen LogP contribution is 2.48. The first-order valence-corrected chi connectivity index (χ1v) is 18.4. The standard InChI is InChI=1S/C51H34N2/c1-30-31(2)44(29-45-37-24-26-41-38-20-10-12-22-47(38)52-50(41)46(37)28-43(30)45)49-40(25-27-42-39-21-11-13-23-48(39)53-51(42)49)36-19-9-8-18-35(36)34-17-7-6-16-33(34)32-14-4-3-5-15-32/h3-29,53H,1-2H3. The fraction of sp³-hybridized carbons (Fsp3) is 0.0392. The molecule has 2 aliphatic rings. The van der Waals surface area contributed by atoms with E-state index < -0.39 is 0 Å². The second kappa shape index (κ2) is 11.4. The van der Waals surface area contributed by atoms with Crippen LogP contribution in [0.5, 0.6) is 0 Å². The molecule has 1 aromatic heterocycles. The van der Waals surface area contributed by atoms with Crippen LogP contribution >= 0.6 is 0 Å². The predicted octanol–water partition coefficient (Wildman–Crippen LogP) is 12.3. The van der Waals surface area contributed by atoms with E-state index in [1.807, 2.05) is 0 Å². The van der Waals surface area contributed by atoms with E-state index in [2.05, 4.69) is 183 Å². The molecule has 53 heavy (non-hydrogen) atoms. The molecule has 2 heteroatoms. The lowest BCUT2D eigenvalue weighted by Gasteiger charge is -2.21. The summed E-state index contributed by atoms with van der Waals surface area (Å²) in [5.74, 6) is 0. The number of fused-ring (bicyclic) bond motifs is 10. The van der Waals surface area contributed by atoms with Crippen LogP contribution in [-0.2, 0) is 0 Å². The molecule has 9 aromatic rings. The Morgan fingerprint density at radius 3 is 1.87 bits per heavy atom. The molecule has 0 saturated carbocycles. The fourth-order valence-corrected chi connectivity index (χ4v) is 8.96. The molecule has 1 aliphatic carbocycles. The van der Waals surface area contributed by atoms with Gasteiger partial charge in [0.15, 0.2) is 0 Å². The Hall–Kier alpha value is -6.77. The molecule has 0 radical (unpaired) electrons. The maximum absolute atomic E-state index is 5.15. The van der Waals surface area contributed by atoms with Gasteiger partial charge in [0.1, 0.15) is 0 Å². The third kappa shape index (κ3) is 4.36. The zero-order chi connectivity index (χ0) is 35.2. The summed E-state index contributed by atoms with van der Waals surface area (Å²) in [4.78, 5) is 9.06. The Balaban J connectivity index is 1.19. The molecule has 0 bridgehead atoms. The normalized spacial score (nSPS) is 12.3. The number of nitrogens with one attached hydrogen (secondary N) is 1. The molecular weight excluding hydrogens is 641 g/mol. The molecular formula is C51H34N2. The minimum atomic E-state index is 1.05. The fourth-order valence-electron chi connectivity index (χ4n) is 8.96. The molecule has 2 heterocycles. The van der Waals surface area contributed by atoms with Gasteiger partial charge in [-0.3, -0.25) is 0 Å². The second-order valence-electron chi connectivity index (χ2n) is 14.4. The highest BCUT2D eigenvalue weighted by molar-refractivity contribution is 6.16. The first-order valence-electron chi connectivity index (χ1n) is 18.4. The van der Waals surface area contributed by atoms with Crippen molar-refractivity contribution in [1.82, 2.24) is 4.98 Å². The lowest BCUT2D eigenvalue weighted by atomic mass is 9.83. The summed E-state index contributed by atoms with van der Waals surface area (Å²) in [5.41, 5.74) is 22.0. The van der Waals surface area contributed by atoms with Gasteiger partial charge in [0.2, 0.25) is 0 Å². The lowest BCUT2D eigenvalue weighted by Crippen LogP contribution is -2.25. The number of nitrogens with zero attached hydrogens (tertiary/aromatic N) is 1. The predicted molar refractivity (Wildman–Crippen MR) is 222 cm³/mol. The number of hydrogen-bond acceptors (Lipinski definition) is 1. The third-order valence-electron chi connectivity index (χ3n) is 11.6. The van der Waals surface area contributed by atoms with Crippen molar-refractivity contribution in [3.63, 3.8) is 0 Å². The molecule has 0 unspecified atom stereocenters. The number of para-hydroxylation sites is 2. The number of aromatic amines is 1. The maximum atomic E-state index is 5.15. The second-order valence-corrected chi connectivity index (χ2v) is 14.4. The van der Waals surface area contributed by atoms with Crippen LogP contribution in [0.3, 0.4) is 0 Å². The van der Waals surface area contributed by atoms with Gasteiger partial charge in [-0.1, -0.05) is 140 Å². The van der Waals surface area contributed by atoms with Crippen molar-refractivity contribution in [3.8, 4) is 66.8 Å². The Morgan fingerprint density at radius 1 is 0.434 bits per heavy atom. The summed E-state index contributed by atoms with van der Waals surface area (Å²) in [6.07, 6.45) is 2.38. The van der Waals surface area contributed by atoms with Crippen LogP contribution in [0.25, 0.3) is 94.6 Å². The van der Waals surface area contributed by atoms with Gasteiger partial charge >= 0.3 is 0 Å². The molecule has 8 aromatic carbocycles. The lowest BCUT2D eigenvalue weighted by molar-refractivity contribution is 1.33. The molecule has 0 saturated heterocycles. The molecule has 1 N–H and O–H groups in total. The van der Waals surface area contributed by atoms with E-state index in [1.165, 1.54) is 105 Å². The van der Waals surface area contributed by atoms with Gasteiger partial charge in [0.05, 0.1) is 16.6 Å². The minimum Gasteiger partial charge on any atom is -0.354 e. The summed E-state index contributed by atoms with van der Waals surface area (Å²) in [7, 11) is 0. The number of hydrogen-bond donors (Lipinski definition) is 1. The van der Waals surface area contributed by atoms with Crippen molar-refractivity contribution in [2.24, 2.45) is 4.99 Å². The van der Waals surface area contributed by atoms with Gasteiger partial charge in [-0.15, -0.1) is 0 Å². The average molecular weight is 675 g/mol. The van der Waals surface area contributed by atoms with E-state index in [-0.39, 0.29) is 0 Å². The van der Waals surface area contributed by atoms with Gasteiger partial charge in [-0.25, -0.2) is 4.99 Å². The first kappa shape index (κ1) is 29.9.